The summed E-state index contributed by atoms with van der Waals surface area (Å²) < 4.78 is 5.25. The molecule has 0 saturated carbocycles. The molecule has 130 valence electrons. The molecule has 0 aromatic heterocycles. The van der Waals surface area contributed by atoms with E-state index in [-0.39, 0.29) is 23.6 Å². The fourth-order valence-electron chi connectivity index (χ4n) is 2.78. The van der Waals surface area contributed by atoms with E-state index in [0.29, 0.717) is 17.9 Å². The summed E-state index contributed by atoms with van der Waals surface area (Å²) in [5.74, 6) is 0.287. The molecule has 25 heavy (non-hydrogen) atoms. The molecule has 1 aliphatic rings. The van der Waals surface area contributed by atoms with Crippen molar-refractivity contribution in [3.05, 3.63) is 48.5 Å². The third-order valence-corrected chi connectivity index (χ3v) is 5.10. The molecule has 1 aliphatic heterocycles. The van der Waals surface area contributed by atoms with Crippen molar-refractivity contribution in [1.82, 2.24) is 0 Å². The van der Waals surface area contributed by atoms with Gasteiger partial charge in [-0.3, -0.25) is 9.59 Å². The van der Waals surface area contributed by atoms with Gasteiger partial charge in [0.1, 0.15) is 12.3 Å². The Hall–Kier alpha value is -2.47. The van der Waals surface area contributed by atoms with Crippen LogP contribution in [0.25, 0.3) is 0 Å². The highest BCUT2D eigenvalue weighted by atomic mass is 32.2. The van der Waals surface area contributed by atoms with Crippen LogP contribution in [0.5, 0.6) is 5.75 Å². The van der Waals surface area contributed by atoms with Crippen LogP contribution in [0, 0.1) is 0 Å². The minimum absolute atomic E-state index is 0.0266. The van der Waals surface area contributed by atoms with Crippen molar-refractivity contribution in [2.45, 2.75) is 23.5 Å². The summed E-state index contributed by atoms with van der Waals surface area (Å²) in [7, 11) is 1.55. The Kier molecular flexibility index (Phi) is 5.28. The zero-order chi connectivity index (χ0) is 17.8. The number of amides is 2. The molecule has 1 N–H and O–H groups in total. The third-order valence-electron chi connectivity index (χ3n) is 3.93. The molecule has 2 amide bonds. The summed E-state index contributed by atoms with van der Waals surface area (Å²) in [5, 5.41) is 3.00. The van der Waals surface area contributed by atoms with E-state index in [1.54, 1.807) is 35.9 Å². The molecule has 0 radical (unpaired) electrons. The first-order valence-electron chi connectivity index (χ1n) is 8.07. The van der Waals surface area contributed by atoms with Crippen LogP contribution in [0.3, 0.4) is 0 Å². The Morgan fingerprint density at radius 3 is 2.76 bits per heavy atom. The van der Waals surface area contributed by atoms with Gasteiger partial charge in [0.05, 0.1) is 18.5 Å². The summed E-state index contributed by atoms with van der Waals surface area (Å²) >= 11 is 1.66. The quantitative estimate of drug-likeness (QED) is 0.910. The molecule has 6 heteroatoms. The van der Waals surface area contributed by atoms with Gasteiger partial charge in [-0.05, 0) is 24.3 Å². The van der Waals surface area contributed by atoms with E-state index in [4.69, 9.17) is 4.74 Å². The number of nitrogens with zero attached hydrogens (tertiary/aromatic N) is 1. The van der Waals surface area contributed by atoms with Gasteiger partial charge in [0.2, 0.25) is 11.8 Å². The molecule has 1 heterocycles. The van der Waals surface area contributed by atoms with Gasteiger partial charge >= 0.3 is 0 Å². The summed E-state index contributed by atoms with van der Waals surface area (Å²) in [6, 6.07) is 14.9. The molecule has 1 atom stereocenters. The highest BCUT2D eigenvalue weighted by molar-refractivity contribution is 8.00. The molecule has 5 nitrogen and oxygen atoms in total. The molecular formula is C19H20N2O3S. The van der Waals surface area contributed by atoms with Crippen molar-refractivity contribution < 1.29 is 14.3 Å². The van der Waals surface area contributed by atoms with Crippen LogP contribution in [0.2, 0.25) is 0 Å². The lowest BCUT2D eigenvalue weighted by molar-refractivity contribution is -0.121. The monoisotopic (exact) mass is 356 g/mol. The summed E-state index contributed by atoms with van der Waals surface area (Å²) in [4.78, 5) is 27.7. The molecular weight excluding hydrogens is 336 g/mol. The Morgan fingerprint density at radius 2 is 1.96 bits per heavy atom. The van der Waals surface area contributed by atoms with Crippen molar-refractivity contribution in [1.29, 1.82) is 0 Å². The number of para-hydroxylation sites is 3. The van der Waals surface area contributed by atoms with Crippen molar-refractivity contribution in [3.8, 4) is 5.75 Å². The van der Waals surface area contributed by atoms with Crippen LogP contribution in [0.1, 0.15) is 13.3 Å². The van der Waals surface area contributed by atoms with Crippen LogP contribution >= 0.6 is 11.8 Å². The van der Waals surface area contributed by atoms with E-state index < -0.39 is 0 Å². The number of fused-ring (bicyclic) bond motifs is 1. The van der Waals surface area contributed by atoms with Gasteiger partial charge < -0.3 is 15.0 Å². The second-order valence-electron chi connectivity index (χ2n) is 5.83. The predicted molar refractivity (Wildman–Crippen MR) is 100 cm³/mol. The lowest BCUT2D eigenvalue weighted by Crippen LogP contribution is -2.38. The number of carbonyl (C=O) groups is 2. The highest BCUT2D eigenvalue weighted by Crippen LogP contribution is 2.37. The van der Waals surface area contributed by atoms with E-state index in [1.807, 2.05) is 43.3 Å². The number of methoxy groups -OCH3 is 1. The van der Waals surface area contributed by atoms with Gasteiger partial charge in [-0.2, -0.15) is 0 Å². The third kappa shape index (κ3) is 3.96. The zero-order valence-corrected chi connectivity index (χ0v) is 15.0. The number of ether oxygens (including phenoxy) is 1. The predicted octanol–water partition coefficient (Wildman–Crippen LogP) is 3.55. The number of hydrogen-bond donors (Lipinski definition) is 1. The maximum Gasteiger partial charge on any atom is 0.244 e. The van der Waals surface area contributed by atoms with Crippen LogP contribution < -0.4 is 15.0 Å². The van der Waals surface area contributed by atoms with Gasteiger partial charge in [-0.25, -0.2) is 0 Å². The number of nitrogens with one attached hydrogen (secondary N) is 1. The Morgan fingerprint density at radius 1 is 1.24 bits per heavy atom. The standard InChI is InChI=1S/C19H20N2O3S/c1-13-11-19(23)21(15-8-4-6-10-17(15)25-13)12-18(22)20-14-7-3-5-9-16(14)24-2/h3-10,13H,11-12H2,1-2H3,(H,20,22). The summed E-state index contributed by atoms with van der Waals surface area (Å²) in [6.45, 7) is 2.00. The fraction of sp³-hybridized carbons (Fsp3) is 0.263. The number of carbonyl (C=O) groups excluding carboxylic acids is 2. The van der Waals surface area contributed by atoms with Crippen molar-refractivity contribution in [2.24, 2.45) is 0 Å². The lowest BCUT2D eigenvalue weighted by Gasteiger charge is -2.22. The maximum atomic E-state index is 12.6. The van der Waals surface area contributed by atoms with Gasteiger partial charge in [0.15, 0.2) is 0 Å². The Labute approximate surface area is 151 Å². The first-order valence-corrected chi connectivity index (χ1v) is 8.95. The molecule has 0 spiro atoms. The van der Waals surface area contributed by atoms with Crippen LogP contribution in [0.15, 0.2) is 53.4 Å². The fourth-order valence-corrected chi connectivity index (χ4v) is 3.90. The highest BCUT2D eigenvalue weighted by Gasteiger charge is 2.27. The molecule has 0 aliphatic carbocycles. The van der Waals surface area contributed by atoms with Gasteiger partial charge in [0.25, 0.3) is 0 Å². The topological polar surface area (TPSA) is 58.6 Å². The Bertz CT molecular complexity index is 794. The molecule has 3 rings (SSSR count). The molecule has 0 bridgehead atoms. The number of thioether (sulfide) groups is 1. The van der Waals surface area contributed by atoms with Gasteiger partial charge in [-0.1, -0.05) is 31.2 Å². The Balaban J connectivity index is 1.81. The average molecular weight is 356 g/mol. The van der Waals surface area contributed by atoms with E-state index in [1.165, 1.54) is 0 Å². The largest absolute Gasteiger partial charge is 0.495 e. The molecule has 2 aromatic rings. The molecule has 0 fully saturated rings. The minimum atomic E-state index is -0.257. The first kappa shape index (κ1) is 17.4. The van der Waals surface area contributed by atoms with Gasteiger partial charge in [0, 0.05) is 16.6 Å². The first-order chi connectivity index (χ1) is 12.1. The molecule has 0 saturated heterocycles. The summed E-state index contributed by atoms with van der Waals surface area (Å²) in [5.41, 5.74) is 1.38. The number of anilines is 2. The van der Waals surface area contributed by atoms with E-state index >= 15 is 0 Å². The number of hydrogen-bond acceptors (Lipinski definition) is 4. The normalized spacial score (nSPS) is 16.8. The maximum absolute atomic E-state index is 12.6. The van der Waals surface area contributed by atoms with Crippen LogP contribution in [-0.2, 0) is 9.59 Å². The number of rotatable bonds is 4. The second-order valence-corrected chi connectivity index (χ2v) is 7.31. The smallest absolute Gasteiger partial charge is 0.244 e. The van der Waals surface area contributed by atoms with Gasteiger partial charge in [-0.15, -0.1) is 11.8 Å². The lowest BCUT2D eigenvalue weighted by atomic mass is 10.2. The minimum Gasteiger partial charge on any atom is -0.495 e. The van der Waals surface area contributed by atoms with E-state index in [0.717, 1.165) is 10.6 Å². The number of benzene rings is 2. The SMILES string of the molecule is COc1ccccc1NC(=O)CN1C(=O)CC(C)Sc2ccccc21. The van der Waals surface area contributed by atoms with E-state index in [2.05, 4.69) is 5.32 Å². The van der Waals surface area contributed by atoms with Crippen molar-refractivity contribution in [3.63, 3.8) is 0 Å². The molecule has 1 unspecified atom stereocenters. The van der Waals surface area contributed by atoms with Crippen molar-refractivity contribution in [2.75, 3.05) is 23.9 Å². The van der Waals surface area contributed by atoms with Crippen LogP contribution in [0.4, 0.5) is 11.4 Å². The van der Waals surface area contributed by atoms with Crippen molar-refractivity contribution >= 4 is 35.0 Å². The summed E-state index contributed by atoms with van der Waals surface area (Å²) in [6.07, 6.45) is 0.404. The average Bonchev–Trinajstić information content (AvgIpc) is 2.71. The molecule has 2 aromatic carbocycles. The zero-order valence-electron chi connectivity index (χ0n) is 14.2. The second kappa shape index (κ2) is 7.61. The van der Waals surface area contributed by atoms with Crippen LogP contribution in [-0.4, -0.2) is 30.7 Å². The van der Waals surface area contributed by atoms with E-state index in [9.17, 15) is 9.59 Å².